The molecule has 8 nitrogen and oxygen atoms in total. The second-order valence-electron chi connectivity index (χ2n) is 5.67. The highest BCUT2D eigenvalue weighted by molar-refractivity contribution is 5.97. The van der Waals surface area contributed by atoms with E-state index < -0.39 is 5.97 Å². The van der Waals surface area contributed by atoms with Crippen LogP contribution in [0.25, 0.3) is 0 Å². The number of aryl methyl sites for hydroxylation is 2. The zero-order chi connectivity index (χ0) is 18.5. The number of nitrogens with one attached hydrogen (secondary N) is 2. The molecule has 0 radical (unpaired) electrons. The molecule has 3 aromatic rings. The molecule has 0 fully saturated rings. The van der Waals surface area contributed by atoms with Crippen molar-refractivity contribution in [2.24, 2.45) is 0 Å². The van der Waals surface area contributed by atoms with Gasteiger partial charge in [0.2, 0.25) is 11.5 Å². The first kappa shape index (κ1) is 17.2. The first-order valence-electron chi connectivity index (χ1n) is 7.86. The van der Waals surface area contributed by atoms with Gasteiger partial charge in [0, 0.05) is 0 Å². The summed E-state index contributed by atoms with van der Waals surface area (Å²) in [6.07, 6.45) is 0. The molecule has 0 spiro atoms. The molecule has 3 rings (SSSR count). The van der Waals surface area contributed by atoms with Crippen molar-refractivity contribution in [2.45, 2.75) is 13.8 Å². The standard InChI is InChI=1S/C18H17N5O3/c1-11-8-9-14(12(2)10-11)20-17(15-16(19)22-26-21-15)23-25-18(24)13-6-4-3-5-7-13/h3-10H,1-2H3,(H2,19,22)(H,20,23)/p+1. The number of hydrogen-bond donors (Lipinski definition) is 3. The fraction of sp³-hybridized carbons (Fsp3) is 0.111. The van der Waals surface area contributed by atoms with Crippen LogP contribution in [-0.2, 0) is 4.84 Å². The summed E-state index contributed by atoms with van der Waals surface area (Å²) in [7, 11) is 0. The zero-order valence-corrected chi connectivity index (χ0v) is 14.3. The Morgan fingerprint density at radius 1 is 1.15 bits per heavy atom. The van der Waals surface area contributed by atoms with Crippen molar-refractivity contribution in [3.63, 3.8) is 0 Å². The van der Waals surface area contributed by atoms with Gasteiger partial charge in [-0.3, -0.25) is 4.84 Å². The van der Waals surface area contributed by atoms with Crippen LogP contribution < -0.4 is 16.2 Å². The first-order valence-corrected chi connectivity index (χ1v) is 7.86. The van der Waals surface area contributed by atoms with E-state index in [4.69, 9.17) is 10.6 Å². The molecule has 132 valence electrons. The molecule has 0 saturated heterocycles. The second-order valence-corrected chi connectivity index (χ2v) is 5.67. The van der Waals surface area contributed by atoms with E-state index in [9.17, 15) is 4.79 Å². The number of carbonyl (C=O) groups is 1. The number of nitrogen functional groups attached to an aromatic ring is 1. The fourth-order valence-electron chi connectivity index (χ4n) is 2.32. The third-order valence-electron chi connectivity index (χ3n) is 3.65. The highest BCUT2D eigenvalue weighted by Gasteiger charge is 2.23. The molecule has 26 heavy (non-hydrogen) atoms. The molecule has 2 aromatic carbocycles. The van der Waals surface area contributed by atoms with Gasteiger partial charge < -0.3 is 5.73 Å². The molecule has 0 atom stereocenters. The van der Waals surface area contributed by atoms with Crippen LogP contribution in [0.15, 0.2) is 53.2 Å². The lowest BCUT2D eigenvalue weighted by molar-refractivity contribution is -0.359. The third kappa shape index (κ3) is 3.86. The number of hydroxylamine groups is 1. The molecule has 1 aromatic heterocycles. The van der Waals surface area contributed by atoms with E-state index in [-0.39, 0.29) is 17.3 Å². The van der Waals surface area contributed by atoms with Crippen molar-refractivity contribution in [3.05, 3.63) is 70.9 Å². The van der Waals surface area contributed by atoms with Gasteiger partial charge in [-0.1, -0.05) is 41.4 Å². The maximum atomic E-state index is 12.2. The average molecular weight is 352 g/mol. The Kier molecular flexibility index (Phi) is 4.93. The van der Waals surface area contributed by atoms with Gasteiger partial charge in [0.1, 0.15) is 5.69 Å². The van der Waals surface area contributed by atoms with Gasteiger partial charge >= 0.3 is 11.8 Å². The Morgan fingerprint density at radius 2 is 1.92 bits per heavy atom. The summed E-state index contributed by atoms with van der Waals surface area (Å²) in [5.74, 6) is -0.263. The van der Waals surface area contributed by atoms with E-state index in [0.717, 1.165) is 16.8 Å². The summed E-state index contributed by atoms with van der Waals surface area (Å²) >= 11 is 0. The first-order chi connectivity index (χ1) is 12.5. The summed E-state index contributed by atoms with van der Waals surface area (Å²) < 4.78 is 4.64. The van der Waals surface area contributed by atoms with Crippen LogP contribution in [0.1, 0.15) is 27.2 Å². The number of benzene rings is 2. The molecular formula is C18H18N5O3+. The highest BCUT2D eigenvalue weighted by atomic mass is 16.7. The van der Waals surface area contributed by atoms with Gasteiger partial charge in [-0.05, 0) is 47.9 Å². The van der Waals surface area contributed by atoms with Crippen LogP contribution in [0.2, 0.25) is 0 Å². The minimum absolute atomic E-state index is 0.0560. The minimum atomic E-state index is -0.555. The van der Waals surface area contributed by atoms with Gasteiger partial charge in [0.25, 0.3) is 0 Å². The molecule has 0 unspecified atom stereocenters. The monoisotopic (exact) mass is 352 g/mol. The number of rotatable bonds is 3. The largest absolute Gasteiger partial charge is 0.387 e. The smallest absolute Gasteiger partial charge is 0.379 e. The molecule has 0 bridgehead atoms. The predicted molar refractivity (Wildman–Crippen MR) is 94.4 cm³/mol. The molecule has 0 aliphatic heterocycles. The lowest BCUT2D eigenvalue weighted by Gasteiger charge is -2.03. The molecule has 0 amide bonds. The number of anilines is 1. The van der Waals surface area contributed by atoms with Crippen molar-refractivity contribution >= 4 is 23.3 Å². The van der Waals surface area contributed by atoms with Crippen LogP contribution in [0.5, 0.6) is 0 Å². The molecule has 0 saturated carbocycles. The van der Waals surface area contributed by atoms with E-state index in [0.29, 0.717) is 5.56 Å². The minimum Gasteiger partial charge on any atom is -0.379 e. The predicted octanol–water partition coefficient (Wildman–Crippen LogP) is 0.789. The van der Waals surface area contributed by atoms with Crippen molar-refractivity contribution in [2.75, 3.05) is 5.73 Å². The zero-order valence-electron chi connectivity index (χ0n) is 14.3. The summed E-state index contributed by atoms with van der Waals surface area (Å²) in [6, 6.07) is 14.5. The summed E-state index contributed by atoms with van der Waals surface area (Å²) in [5, 5.41) is 7.30. The molecule has 0 aliphatic rings. The fourth-order valence-corrected chi connectivity index (χ4v) is 2.32. The van der Waals surface area contributed by atoms with Gasteiger partial charge in [0.05, 0.1) is 5.56 Å². The van der Waals surface area contributed by atoms with Crippen LogP contribution in [0.4, 0.5) is 11.5 Å². The lowest BCUT2D eigenvalue weighted by atomic mass is 10.1. The summed E-state index contributed by atoms with van der Waals surface area (Å²) in [5.41, 5.74) is 11.8. The maximum Gasteiger partial charge on any atom is 0.387 e. The Hall–Kier alpha value is -3.68. The van der Waals surface area contributed by atoms with Gasteiger partial charge in [-0.15, -0.1) is 0 Å². The van der Waals surface area contributed by atoms with Crippen molar-refractivity contribution in [3.8, 4) is 0 Å². The second kappa shape index (κ2) is 7.47. The van der Waals surface area contributed by atoms with Crippen molar-refractivity contribution in [1.82, 2.24) is 15.8 Å². The topological polar surface area (TPSA) is 117 Å². The molecule has 8 heteroatoms. The third-order valence-corrected chi connectivity index (χ3v) is 3.65. The Labute approximate surface area is 149 Å². The molecule has 0 aliphatic carbocycles. The molecule has 4 N–H and O–H groups in total. The van der Waals surface area contributed by atoms with Crippen LogP contribution in [0.3, 0.4) is 0 Å². The quantitative estimate of drug-likeness (QED) is 0.362. The molecule has 1 heterocycles. The lowest BCUT2D eigenvalue weighted by Crippen LogP contribution is -2.71. The molecular weight excluding hydrogens is 334 g/mol. The van der Waals surface area contributed by atoms with Gasteiger partial charge in [-0.25, -0.2) is 14.4 Å². The average Bonchev–Trinajstić information content (AvgIpc) is 3.06. The number of hydrogen-bond acceptors (Lipinski definition) is 6. The maximum absolute atomic E-state index is 12.2. The van der Waals surface area contributed by atoms with Crippen molar-refractivity contribution in [1.29, 1.82) is 0 Å². The number of amidine groups is 1. The number of nitrogens with zero attached hydrogens (tertiary/aromatic N) is 2. The highest BCUT2D eigenvalue weighted by Crippen LogP contribution is 2.10. The van der Waals surface area contributed by atoms with E-state index in [1.165, 1.54) is 0 Å². The van der Waals surface area contributed by atoms with Gasteiger partial charge in [-0.2, -0.15) is 0 Å². The van der Waals surface area contributed by atoms with E-state index >= 15 is 0 Å². The Balaban J connectivity index is 1.88. The number of nitrogens with two attached hydrogens (primary N) is 1. The van der Waals surface area contributed by atoms with Crippen LogP contribution in [0, 0.1) is 13.8 Å². The number of carbonyl (C=O) groups excluding carboxylic acids is 1. The summed E-state index contributed by atoms with van der Waals surface area (Å²) in [6.45, 7) is 3.95. The van der Waals surface area contributed by atoms with E-state index in [2.05, 4.69) is 25.4 Å². The van der Waals surface area contributed by atoms with Crippen LogP contribution >= 0.6 is 0 Å². The SMILES string of the molecule is Cc1ccc([NH+]=C(NOC(=O)c2ccccc2)c2nonc2N)c(C)c1. The number of aromatic nitrogens is 2. The van der Waals surface area contributed by atoms with Gasteiger partial charge in [0.15, 0.2) is 0 Å². The summed E-state index contributed by atoms with van der Waals surface area (Å²) in [4.78, 5) is 20.4. The Morgan fingerprint density at radius 3 is 2.58 bits per heavy atom. The van der Waals surface area contributed by atoms with Crippen LogP contribution in [-0.4, -0.2) is 22.1 Å². The Bertz CT molecular complexity index is 950. The van der Waals surface area contributed by atoms with E-state index in [1.807, 2.05) is 38.1 Å². The van der Waals surface area contributed by atoms with E-state index in [1.54, 1.807) is 24.3 Å². The normalized spacial score (nSPS) is 11.2. The van der Waals surface area contributed by atoms with Crippen molar-refractivity contribution < 1.29 is 19.3 Å².